The molecule has 1 aliphatic rings. The summed E-state index contributed by atoms with van der Waals surface area (Å²) in [5, 5.41) is 0. The summed E-state index contributed by atoms with van der Waals surface area (Å²) in [6.07, 6.45) is 1.89. The number of carbonyl (C=O) groups is 2. The van der Waals surface area contributed by atoms with E-state index in [0.29, 0.717) is 35.7 Å². The Hall–Kier alpha value is -2.89. The molecule has 0 fully saturated rings. The summed E-state index contributed by atoms with van der Waals surface area (Å²) in [5.41, 5.74) is 8.17. The van der Waals surface area contributed by atoms with Crippen molar-refractivity contribution in [3.8, 4) is 5.88 Å². The molecule has 2 heterocycles. The van der Waals surface area contributed by atoms with Gasteiger partial charge in [0.05, 0.1) is 29.1 Å². The van der Waals surface area contributed by atoms with Gasteiger partial charge >= 0.3 is 0 Å². The van der Waals surface area contributed by atoms with Crippen LogP contribution in [0.4, 0.5) is 5.69 Å². The second-order valence-corrected chi connectivity index (χ2v) is 5.90. The normalized spacial score (nSPS) is 14.7. The predicted octanol–water partition coefficient (Wildman–Crippen LogP) is 2.43. The number of amides is 2. The van der Waals surface area contributed by atoms with Gasteiger partial charge in [-0.2, -0.15) is 0 Å². The van der Waals surface area contributed by atoms with Crippen LogP contribution in [0.3, 0.4) is 0 Å². The first-order valence-electron chi connectivity index (χ1n) is 7.81. The second-order valence-electron chi connectivity index (χ2n) is 5.90. The summed E-state index contributed by atoms with van der Waals surface area (Å²) >= 11 is 0. The monoisotopic (exact) mass is 325 g/mol. The maximum Gasteiger partial charge on any atom is 0.261 e. The first-order chi connectivity index (χ1) is 11.5. The van der Waals surface area contributed by atoms with Crippen LogP contribution in [0.1, 0.15) is 39.6 Å². The van der Waals surface area contributed by atoms with E-state index in [2.05, 4.69) is 4.98 Å². The molecular weight excluding hydrogens is 306 g/mol. The van der Waals surface area contributed by atoms with Crippen molar-refractivity contribution in [2.45, 2.75) is 26.4 Å². The number of hydrogen-bond donors (Lipinski definition) is 1. The zero-order valence-electron chi connectivity index (χ0n) is 13.7. The van der Waals surface area contributed by atoms with Gasteiger partial charge in [-0.1, -0.05) is 12.1 Å². The van der Waals surface area contributed by atoms with Crippen LogP contribution in [0.15, 0.2) is 36.5 Å². The van der Waals surface area contributed by atoms with Crippen LogP contribution in [0, 0.1) is 6.92 Å². The number of rotatable bonds is 5. The standard InChI is InChI=1S/C18H19N3O3/c1-11-9-16(20-10-15(11)19)24-12(2)7-8-21-17(22)13-5-3-4-6-14(13)18(21)23/h3-6,9-10,12H,7-8,19H2,1-2H3. The molecule has 1 atom stereocenters. The van der Waals surface area contributed by atoms with E-state index in [-0.39, 0.29) is 17.9 Å². The molecule has 0 radical (unpaired) electrons. The van der Waals surface area contributed by atoms with Crippen molar-refractivity contribution in [2.75, 3.05) is 12.3 Å². The van der Waals surface area contributed by atoms with Gasteiger partial charge in [-0.25, -0.2) is 4.98 Å². The molecule has 2 amide bonds. The molecule has 0 bridgehead atoms. The summed E-state index contributed by atoms with van der Waals surface area (Å²) in [7, 11) is 0. The van der Waals surface area contributed by atoms with Crippen LogP contribution in [0.25, 0.3) is 0 Å². The lowest BCUT2D eigenvalue weighted by atomic mass is 10.1. The lowest BCUT2D eigenvalue weighted by Crippen LogP contribution is -2.33. The number of pyridine rings is 1. The molecule has 0 saturated heterocycles. The number of hydrogen-bond acceptors (Lipinski definition) is 5. The summed E-state index contributed by atoms with van der Waals surface area (Å²) in [4.78, 5) is 30.0. The van der Waals surface area contributed by atoms with Crippen molar-refractivity contribution in [3.63, 3.8) is 0 Å². The van der Waals surface area contributed by atoms with Gasteiger partial charge in [0.25, 0.3) is 11.8 Å². The van der Waals surface area contributed by atoms with Crippen LogP contribution in [-0.2, 0) is 0 Å². The highest BCUT2D eigenvalue weighted by molar-refractivity contribution is 6.21. The molecule has 2 N–H and O–H groups in total. The van der Waals surface area contributed by atoms with E-state index in [9.17, 15) is 9.59 Å². The minimum absolute atomic E-state index is 0.190. The number of aromatic nitrogens is 1. The Morgan fingerprint density at radius 1 is 1.21 bits per heavy atom. The number of anilines is 1. The second kappa shape index (κ2) is 6.31. The maximum absolute atomic E-state index is 12.3. The lowest BCUT2D eigenvalue weighted by molar-refractivity contribution is 0.0633. The van der Waals surface area contributed by atoms with Crippen LogP contribution >= 0.6 is 0 Å². The number of ether oxygens (including phenoxy) is 1. The Bertz CT molecular complexity index is 769. The Kier molecular flexibility index (Phi) is 4.20. The highest BCUT2D eigenvalue weighted by Gasteiger charge is 2.34. The molecule has 1 aromatic carbocycles. The zero-order valence-corrected chi connectivity index (χ0v) is 13.7. The van der Waals surface area contributed by atoms with E-state index >= 15 is 0 Å². The molecular formula is C18H19N3O3. The van der Waals surface area contributed by atoms with Gasteiger partial charge in [0, 0.05) is 19.0 Å². The third-order valence-corrected chi connectivity index (χ3v) is 4.09. The Morgan fingerprint density at radius 3 is 2.42 bits per heavy atom. The van der Waals surface area contributed by atoms with Gasteiger partial charge in [-0.15, -0.1) is 0 Å². The fourth-order valence-electron chi connectivity index (χ4n) is 2.62. The van der Waals surface area contributed by atoms with E-state index < -0.39 is 0 Å². The van der Waals surface area contributed by atoms with Gasteiger partial charge in [0.1, 0.15) is 0 Å². The summed E-state index contributed by atoms with van der Waals surface area (Å²) < 4.78 is 5.74. The molecule has 0 aliphatic carbocycles. The number of nitrogens with zero attached hydrogens (tertiary/aromatic N) is 2. The van der Waals surface area contributed by atoms with Gasteiger partial charge in [0.2, 0.25) is 5.88 Å². The predicted molar refractivity (Wildman–Crippen MR) is 89.9 cm³/mol. The van der Waals surface area contributed by atoms with Crippen LogP contribution < -0.4 is 10.5 Å². The van der Waals surface area contributed by atoms with Crippen molar-refractivity contribution >= 4 is 17.5 Å². The molecule has 3 rings (SSSR count). The zero-order chi connectivity index (χ0) is 17.3. The molecule has 24 heavy (non-hydrogen) atoms. The number of nitrogen functional groups attached to an aromatic ring is 1. The fourth-order valence-corrected chi connectivity index (χ4v) is 2.62. The minimum atomic E-state index is -0.246. The molecule has 0 saturated carbocycles. The SMILES string of the molecule is Cc1cc(OC(C)CCN2C(=O)c3ccccc3C2=O)ncc1N. The Labute approximate surface area is 140 Å². The van der Waals surface area contributed by atoms with Crippen LogP contribution in [-0.4, -0.2) is 34.3 Å². The first-order valence-corrected chi connectivity index (χ1v) is 7.81. The van der Waals surface area contributed by atoms with E-state index in [4.69, 9.17) is 10.5 Å². The quantitative estimate of drug-likeness (QED) is 0.853. The molecule has 1 unspecified atom stereocenters. The number of fused-ring (bicyclic) bond motifs is 1. The van der Waals surface area contributed by atoms with Crippen molar-refractivity contribution in [3.05, 3.63) is 53.2 Å². The number of imide groups is 1. The van der Waals surface area contributed by atoms with Crippen molar-refractivity contribution in [1.82, 2.24) is 9.88 Å². The van der Waals surface area contributed by atoms with E-state index in [0.717, 1.165) is 5.56 Å². The molecule has 1 aliphatic heterocycles. The smallest absolute Gasteiger partial charge is 0.261 e. The molecule has 124 valence electrons. The van der Waals surface area contributed by atoms with Crippen LogP contribution in [0.5, 0.6) is 5.88 Å². The number of aryl methyl sites for hydroxylation is 1. The third kappa shape index (κ3) is 2.95. The third-order valence-electron chi connectivity index (χ3n) is 4.09. The molecule has 2 aromatic rings. The largest absolute Gasteiger partial charge is 0.475 e. The number of nitrogens with two attached hydrogens (primary N) is 1. The average Bonchev–Trinajstić information content (AvgIpc) is 2.81. The van der Waals surface area contributed by atoms with Crippen molar-refractivity contribution in [2.24, 2.45) is 0 Å². The molecule has 6 heteroatoms. The van der Waals surface area contributed by atoms with E-state index in [1.54, 1.807) is 36.5 Å². The average molecular weight is 325 g/mol. The first kappa shape index (κ1) is 16.0. The number of carbonyl (C=O) groups excluding carboxylic acids is 2. The number of benzene rings is 1. The van der Waals surface area contributed by atoms with Gasteiger partial charge in [0.15, 0.2) is 0 Å². The van der Waals surface area contributed by atoms with Gasteiger partial charge < -0.3 is 10.5 Å². The summed E-state index contributed by atoms with van der Waals surface area (Å²) in [5.74, 6) is -0.00920. The highest BCUT2D eigenvalue weighted by atomic mass is 16.5. The Morgan fingerprint density at radius 2 is 1.83 bits per heavy atom. The minimum Gasteiger partial charge on any atom is -0.475 e. The lowest BCUT2D eigenvalue weighted by Gasteiger charge is -2.18. The molecule has 1 aromatic heterocycles. The van der Waals surface area contributed by atoms with Gasteiger partial charge in [-0.05, 0) is 31.5 Å². The molecule has 6 nitrogen and oxygen atoms in total. The van der Waals surface area contributed by atoms with Crippen molar-refractivity contribution in [1.29, 1.82) is 0 Å². The van der Waals surface area contributed by atoms with Crippen molar-refractivity contribution < 1.29 is 14.3 Å². The summed E-state index contributed by atoms with van der Waals surface area (Å²) in [6.45, 7) is 4.07. The van der Waals surface area contributed by atoms with Gasteiger partial charge in [-0.3, -0.25) is 14.5 Å². The highest BCUT2D eigenvalue weighted by Crippen LogP contribution is 2.23. The Balaban J connectivity index is 1.61. The molecule has 0 spiro atoms. The van der Waals surface area contributed by atoms with E-state index in [1.165, 1.54) is 4.90 Å². The summed E-state index contributed by atoms with van der Waals surface area (Å²) in [6, 6.07) is 8.64. The fraction of sp³-hybridized carbons (Fsp3) is 0.278. The topological polar surface area (TPSA) is 85.5 Å². The maximum atomic E-state index is 12.3. The van der Waals surface area contributed by atoms with Crippen LogP contribution in [0.2, 0.25) is 0 Å². The van der Waals surface area contributed by atoms with E-state index in [1.807, 2.05) is 13.8 Å².